The predicted molar refractivity (Wildman–Crippen MR) is 122 cm³/mol. The van der Waals surface area contributed by atoms with E-state index in [0.717, 1.165) is 12.9 Å². The van der Waals surface area contributed by atoms with Crippen molar-refractivity contribution in [2.24, 2.45) is 0 Å². The second-order valence-electron chi connectivity index (χ2n) is 13.9. The molecule has 0 aromatic heterocycles. The second kappa shape index (κ2) is 1.89. The summed E-state index contributed by atoms with van der Waals surface area (Å²) in [6.07, 6.45) is 0. The average Bonchev–Trinajstić information content (AvgIpc) is 3.75. The van der Waals surface area contributed by atoms with Gasteiger partial charge < -0.3 is 0 Å². The molecule has 10 saturated heterocycles. The third-order valence-electron chi connectivity index (χ3n) is 17.7. The molecule has 0 radical (unpaired) electrons. The number of rotatable bonds is 3. The quantitative estimate of drug-likeness (QED) is 0.306. The first-order chi connectivity index (χ1) is 14.6. The molecule has 30 heavy (non-hydrogen) atoms. The minimum absolute atomic E-state index is 0.777. The summed E-state index contributed by atoms with van der Waals surface area (Å²) in [7, 11) is 0.777. The molecule has 4 unspecified atom stereocenters. The van der Waals surface area contributed by atoms with Crippen LogP contribution >= 0.6 is 8.58 Å². The van der Waals surface area contributed by atoms with Crippen LogP contribution in [0.5, 0.6) is 0 Å². The van der Waals surface area contributed by atoms with E-state index in [1.54, 1.807) is 0 Å². The Hall–Kier alpha value is -1.39. The van der Waals surface area contributed by atoms with E-state index in [2.05, 4.69) is 91.0 Å². The van der Waals surface area contributed by atoms with E-state index in [0.29, 0.717) is 0 Å². The Labute approximate surface area is 169 Å². The van der Waals surface area contributed by atoms with Crippen LogP contribution in [0.4, 0.5) is 0 Å². The molecule has 0 amide bonds. The molecule has 13 rings (SSSR count). The SMILES string of the molecule is c1ccc(Pc2ccccc2)cc1.c1ccc([C]23[CH]4[CH]5[CH]6[CH]2[Fe]56432789[CH]3[CH]2[CH]7[CH]8[CH]39)cc1. The molecule has 10 heterocycles. The van der Waals surface area contributed by atoms with Gasteiger partial charge in [0, 0.05) is 0 Å². The molecule has 0 N–H and O–H groups in total. The number of benzene rings is 3. The topological polar surface area (TPSA) is 0 Å². The zero-order valence-corrected chi connectivity index (χ0v) is 18.8. The van der Waals surface area contributed by atoms with Gasteiger partial charge in [-0.15, -0.1) is 0 Å². The van der Waals surface area contributed by atoms with Crippen LogP contribution in [0.3, 0.4) is 0 Å². The van der Waals surface area contributed by atoms with Gasteiger partial charge in [0.2, 0.25) is 0 Å². The van der Waals surface area contributed by atoms with Crippen LogP contribution in [-0.4, -0.2) is 0 Å². The Balaban J connectivity index is 0.0000000915. The van der Waals surface area contributed by atoms with Crippen LogP contribution in [0.25, 0.3) is 0 Å². The maximum absolute atomic E-state index is 2.81. The van der Waals surface area contributed by atoms with Crippen molar-refractivity contribution >= 4 is 19.2 Å². The fourth-order valence-corrected chi connectivity index (χ4v) is 94.2. The van der Waals surface area contributed by atoms with Gasteiger partial charge in [0.05, 0.1) is 0 Å². The number of hydrogen-bond donors (Lipinski definition) is 0. The maximum atomic E-state index is 2.54. The molecule has 0 bridgehead atoms. The summed E-state index contributed by atoms with van der Waals surface area (Å²) >= 11 is 0. The monoisotopic (exact) mass is 448 g/mol. The molecule has 1 spiro atoms. The Bertz CT molecular complexity index is 1570. The summed E-state index contributed by atoms with van der Waals surface area (Å²) in [5.74, 6) is 0. The summed E-state index contributed by atoms with van der Waals surface area (Å²) in [5.41, 5.74) is 1.88. The fourth-order valence-electron chi connectivity index (χ4n) is 18.9. The average molecular weight is 448 g/mol. The van der Waals surface area contributed by atoms with Gasteiger partial charge in [0.25, 0.3) is 0 Å². The van der Waals surface area contributed by atoms with E-state index in [1.807, 2.05) is 5.56 Å². The molecular weight excluding hydrogens is 423 g/mol. The van der Waals surface area contributed by atoms with Gasteiger partial charge in [-0.05, 0) is 10.6 Å². The third kappa shape index (κ3) is 0.289. The van der Waals surface area contributed by atoms with E-state index in [4.69, 9.17) is 0 Å². The molecule has 150 valence electrons. The van der Waals surface area contributed by atoms with Crippen molar-refractivity contribution in [2.45, 2.75) is 47.7 Å². The van der Waals surface area contributed by atoms with Crippen LogP contribution in [-0.2, 0) is 10.8 Å². The van der Waals surface area contributed by atoms with Gasteiger partial charge in [-0.25, -0.2) is 0 Å². The van der Waals surface area contributed by atoms with Gasteiger partial charge in [-0.3, -0.25) is 0 Å². The van der Waals surface area contributed by atoms with E-state index < -0.39 is 6.51 Å². The first-order valence-corrected chi connectivity index (χ1v) is 19.0. The molecule has 3 aromatic rings. The molecule has 10 fully saturated rings. The summed E-state index contributed by atoms with van der Waals surface area (Å²) in [6.45, 7) is -2.81. The van der Waals surface area contributed by atoms with Crippen molar-refractivity contribution < 1.29 is 6.51 Å². The predicted octanol–water partition coefficient (Wildman–Crippen LogP) is 6.80. The molecule has 10 aliphatic rings. The molecule has 3 aromatic carbocycles. The van der Waals surface area contributed by atoms with E-state index in [1.165, 1.54) is 54.0 Å². The van der Waals surface area contributed by atoms with Crippen molar-refractivity contribution in [3.63, 3.8) is 0 Å². The summed E-state index contributed by atoms with van der Waals surface area (Å²) in [6, 6.07) is 33.1. The molecule has 10 aliphatic heterocycles. The Morgan fingerprint density at radius 2 is 0.900 bits per heavy atom. The van der Waals surface area contributed by atoms with Crippen LogP contribution in [0.15, 0.2) is 91.0 Å². The van der Waals surface area contributed by atoms with Gasteiger partial charge >= 0.3 is 90.1 Å². The summed E-state index contributed by atoms with van der Waals surface area (Å²) in [5, 5.41) is 2.79. The van der Waals surface area contributed by atoms with Crippen molar-refractivity contribution in [1.82, 2.24) is 0 Å². The second-order valence-corrected chi connectivity index (χ2v) is 38.9. The van der Waals surface area contributed by atoms with Gasteiger partial charge in [0.15, 0.2) is 0 Å². The molecule has 4 atom stereocenters. The minimum atomic E-state index is -2.81. The Morgan fingerprint density at radius 3 is 1.23 bits per heavy atom. The van der Waals surface area contributed by atoms with Crippen molar-refractivity contribution in [1.29, 1.82) is 0 Å². The fraction of sp³-hybridized carbons (Fsp3) is 0.357. The number of fused-ring (bicyclic) bond motifs is 10. The molecule has 0 aliphatic carbocycles. The summed E-state index contributed by atoms with van der Waals surface area (Å²) in [4.78, 5) is 13.2. The zero-order valence-electron chi connectivity index (χ0n) is 16.7. The zero-order chi connectivity index (χ0) is 19.1. The van der Waals surface area contributed by atoms with E-state index in [9.17, 15) is 0 Å². The van der Waals surface area contributed by atoms with Crippen molar-refractivity contribution in [3.05, 3.63) is 96.6 Å². The summed E-state index contributed by atoms with van der Waals surface area (Å²) < 4.78 is 0.986. The Morgan fingerprint density at radius 1 is 0.500 bits per heavy atom. The van der Waals surface area contributed by atoms with Crippen LogP contribution in [0, 0.1) is 0 Å². The van der Waals surface area contributed by atoms with E-state index in [-0.39, 0.29) is 0 Å². The molecule has 0 saturated carbocycles. The van der Waals surface area contributed by atoms with E-state index >= 15 is 0 Å². The van der Waals surface area contributed by atoms with Crippen LogP contribution < -0.4 is 10.6 Å². The molecule has 2 heteroatoms. The van der Waals surface area contributed by atoms with Gasteiger partial charge in [0.1, 0.15) is 0 Å². The van der Waals surface area contributed by atoms with Crippen LogP contribution in [0.2, 0.25) is 43.3 Å². The Kier molecular flexibility index (Phi) is 0.877. The molecular formula is C28H25FeP. The number of hydrogen-bond acceptors (Lipinski definition) is 0. The standard InChI is InChI=1S/C12H11P.C11H9.C5H5.Fe/c1-3-7-11(8-4-1)13-12-9-5-2-6-10-12;1-2-6-10(7-3-1)11-8-4-5-9-11;1-2-4-5-3-1;/h1-10,13H;1-9H;1-5H;. The normalized spacial score (nSPS) is 71.7. The van der Waals surface area contributed by atoms with Crippen LogP contribution in [0.1, 0.15) is 5.56 Å². The molecule has 0 nitrogen and oxygen atoms in total. The van der Waals surface area contributed by atoms with Gasteiger partial charge in [-0.1, -0.05) is 69.2 Å². The van der Waals surface area contributed by atoms with Crippen molar-refractivity contribution in [2.75, 3.05) is 0 Å². The van der Waals surface area contributed by atoms with Gasteiger partial charge in [-0.2, -0.15) is 0 Å². The van der Waals surface area contributed by atoms with Crippen molar-refractivity contribution in [3.8, 4) is 0 Å². The first-order valence-electron chi connectivity index (χ1n) is 11.7. The first kappa shape index (κ1) is 13.9. The third-order valence-corrected chi connectivity index (χ3v) is 61.3.